The summed E-state index contributed by atoms with van der Waals surface area (Å²) in [6, 6.07) is 16.0. The Bertz CT molecular complexity index is 1800. The van der Waals surface area contributed by atoms with Gasteiger partial charge >= 0.3 is 11.9 Å². The Morgan fingerprint density at radius 2 is 1.42 bits per heavy atom. The quantitative estimate of drug-likeness (QED) is 0.0673. The highest BCUT2D eigenvalue weighted by molar-refractivity contribution is 5.87. The fourth-order valence-electron chi connectivity index (χ4n) is 7.47. The lowest BCUT2D eigenvalue weighted by atomic mass is 9.77. The summed E-state index contributed by atoms with van der Waals surface area (Å²) in [4.78, 5) is 24.2. The maximum Gasteiger partial charge on any atom is 0.333 e. The molecule has 3 aromatic rings. The largest absolute Gasteiger partial charge is 0.492 e. The lowest BCUT2D eigenvalue weighted by Gasteiger charge is -2.30. The van der Waals surface area contributed by atoms with Crippen LogP contribution in [-0.4, -0.2) is 55.2 Å². The topological polar surface area (TPSA) is 102 Å². The van der Waals surface area contributed by atoms with Crippen LogP contribution in [0.15, 0.2) is 72.8 Å². The van der Waals surface area contributed by atoms with Crippen LogP contribution in [0.1, 0.15) is 108 Å². The first kappa shape index (κ1) is 43.5. The number of halogens is 1. The van der Waals surface area contributed by atoms with Gasteiger partial charge in [0.05, 0.1) is 25.2 Å². The summed E-state index contributed by atoms with van der Waals surface area (Å²) < 4.78 is 32.9. The van der Waals surface area contributed by atoms with Crippen LogP contribution in [0.4, 0.5) is 4.39 Å². The number of benzene rings is 3. The molecule has 0 unspecified atom stereocenters. The number of aliphatic hydroxyl groups excluding tert-OH is 2. The Kier molecular flexibility index (Phi) is 16.3. The van der Waals surface area contributed by atoms with E-state index < -0.39 is 30.6 Å². The van der Waals surface area contributed by atoms with Crippen molar-refractivity contribution in [2.24, 2.45) is 11.3 Å². The van der Waals surface area contributed by atoms with E-state index in [0.29, 0.717) is 42.1 Å². The maximum atomic E-state index is 15.8. The Labute approximate surface area is 327 Å². The van der Waals surface area contributed by atoms with Crippen molar-refractivity contribution in [1.29, 1.82) is 0 Å². The van der Waals surface area contributed by atoms with Crippen molar-refractivity contribution in [3.63, 3.8) is 0 Å². The van der Waals surface area contributed by atoms with Gasteiger partial charge in [0.2, 0.25) is 0 Å². The highest BCUT2D eigenvalue weighted by Gasteiger charge is 2.33. The predicted octanol–water partition coefficient (Wildman–Crippen LogP) is 9.88. The summed E-state index contributed by atoms with van der Waals surface area (Å²) in [7, 11) is 0. The molecule has 55 heavy (non-hydrogen) atoms. The van der Waals surface area contributed by atoms with E-state index in [1.807, 2.05) is 18.2 Å². The third-order valence-electron chi connectivity index (χ3n) is 11.0. The maximum absolute atomic E-state index is 15.8. The lowest BCUT2D eigenvalue weighted by molar-refractivity contribution is -0.146. The zero-order valence-electron chi connectivity index (χ0n) is 33.6. The van der Waals surface area contributed by atoms with Crippen LogP contribution >= 0.6 is 0 Å². The highest BCUT2D eigenvalue weighted by atomic mass is 19.1. The molecule has 0 atom stereocenters. The Balaban J connectivity index is 1.65. The van der Waals surface area contributed by atoms with Gasteiger partial charge in [-0.15, -0.1) is 0 Å². The summed E-state index contributed by atoms with van der Waals surface area (Å²) in [6.07, 6.45) is 9.63. The van der Waals surface area contributed by atoms with Crippen molar-refractivity contribution in [2.45, 2.75) is 105 Å². The molecule has 0 radical (unpaired) electrons. The van der Waals surface area contributed by atoms with Crippen molar-refractivity contribution in [2.75, 3.05) is 33.0 Å². The number of hydrogen-bond acceptors (Lipinski definition) is 7. The molecule has 4 rings (SSSR count). The first-order chi connectivity index (χ1) is 26.4. The van der Waals surface area contributed by atoms with Crippen LogP contribution in [0, 0.1) is 17.2 Å². The molecule has 1 aliphatic carbocycles. The lowest BCUT2D eigenvalue weighted by Crippen LogP contribution is -2.41. The van der Waals surface area contributed by atoms with Crippen LogP contribution in [0.5, 0.6) is 5.75 Å². The van der Waals surface area contributed by atoms with Crippen molar-refractivity contribution in [1.82, 2.24) is 0 Å². The summed E-state index contributed by atoms with van der Waals surface area (Å²) in [5.41, 5.74) is 6.83. The van der Waals surface area contributed by atoms with Gasteiger partial charge in [0.15, 0.2) is 0 Å². The van der Waals surface area contributed by atoms with E-state index >= 15 is 4.39 Å². The number of carbonyl (C=O) groups excluding carboxylic acids is 2. The van der Waals surface area contributed by atoms with E-state index in [4.69, 9.17) is 14.2 Å². The number of rotatable bonds is 20. The second-order valence-corrected chi connectivity index (χ2v) is 15.4. The second kappa shape index (κ2) is 20.6. The minimum atomic E-state index is -1.25. The summed E-state index contributed by atoms with van der Waals surface area (Å²) in [5.74, 6) is 0.514. The van der Waals surface area contributed by atoms with Gasteiger partial charge in [0.1, 0.15) is 24.8 Å². The molecule has 1 fully saturated rings. The number of aryl methyl sites for hydroxylation is 3. The molecule has 8 heteroatoms. The molecule has 0 heterocycles. The average molecular weight is 757 g/mol. The van der Waals surface area contributed by atoms with Crippen molar-refractivity contribution in [3.8, 4) is 28.0 Å². The van der Waals surface area contributed by atoms with Gasteiger partial charge in [-0.25, -0.2) is 14.0 Å². The standard InChI is InChI=1S/C47H61FO7/c1-8-12-33-14-16-36(17-15-33)37-18-21-41(43(48)25-37)38-19-20-40(34(9-2)23-38)42-24-39(13-11-22-53-45(51)31(4)5)44(26-35(42)10-3)54-29-47(27-49,28-50)30-55-46(52)32(6)7/h18-21,23-26,33,36,49-50H,4,6,8-17,22,27-30H2,1-3,5,7H3. The van der Waals surface area contributed by atoms with Gasteiger partial charge in [0, 0.05) is 16.7 Å². The van der Waals surface area contributed by atoms with Gasteiger partial charge in [0.25, 0.3) is 0 Å². The van der Waals surface area contributed by atoms with E-state index in [1.54, 1.807) is 13.0 Å². The molecule has 0 aromatic heterocycles. The normalized spacial score (nSPS) is 15.7. The molecule has 0 spiro atoms. The van der Waals surface area contributed by atoms with Crippen molar-refractivity contribution >= 4 is 11.9 Å². The van der Waals surface area contributed by atoms with E-state index in [1.165, 1.54) is 32.6 Å². The second-order valence-electron chi connectivity index (χ2n) is 15.4. The molecule has 0 bridgehead atoms. The summed E-state index contributed by atoms with van der Waals surface area (Å²) >= 11 is 0. The number of hydrogen-bond donors (Lipinski definition) is 2. The Morgan fingerprint density at radius 1 is 0.782 bits per heavy atom. The number of carbonyl (C=O) groups is 2. The number of esters is 2. The molecule has 1 saturated carbocycles. The number of ether oxygens (including phenoxy) is 3. The van der Waals surface area contributed by atoms with E-state index in [9.17, 15) is 19.8 Å². The molecule has 2 N–H and O–H groups in total. The van der Waals surface area contributed by atoms with Gasteiger partial charge in [-0.3, -0.25) is 0 Å². The molecule has 298 valence electrons. The fraction of sp³-hybridized carbons (Fsp3) is 0.489. The molecular formula is C47H61FO7. The number of aliphatic hydroxyl groups is 2. The third-order valence-corrected chi connectivity index (χ3v) is 11.0. The van der Waals surface area contributed by atoms with E-state index in [0.717, 1.165) is 64.1 Å². The molecule has 3 aromatic carbocycles. The molecule has 0 saturated heterocycles. The molecule has 0 aliphatic heterocycles. The molecule has 0 amide bonds. The molecule has 1 aliphatic rings. The zero-order chi connectivity index (χ0) is 40.1. The smallest absolute Gasteiger partial charge is 0.333 e. The van der Waals surface area contributed by atoms with Gasteiger partial charge in [-0.1, -0.05) is 77.1 Å². The fourth-order valence-corrected chi connectivity index (χ4v) is 7.47. The first-order valence-electron chi connectivity index (χ1n) is 20.0. The highest BCUT2D eigenvalue weighted by Crippen LogP contribution is 2.40. The van der Waals surface area contributed by atoms with E-state index in [2.05, 4.69) is 58.2 Å². The van der Waals surface area contributed by atoms with Gasteiger partial charge in [-0.2, -0.15) is 0 Å². The summed E-state index contributed by atoms with van der Waals surface area (Å²) in [6.45, 7) is 15.6. The Hall–Kier alpha value is -4.27. The third kappa shape index (κ3) is 11.4. The van der Waals surface area contributed by atoms with E-state index in [-0.39, 0.29) is 31.2 Å². The van der Waals surface area contributed by atoms with Crippen LogP contribution in [0.3, 0.4) is 0 Å². The van der Waals surface area contributed by atoms with Crippen LogP contribution in [0.2, 0.25) is 0 Å². The van der Waals surface area contributed by atoms with Crippen LogP contribution < -0.4 is 4.74 Å². The molecular weight excluding hydrogens is 696 g/mol. The van der Waals surface area contributed by atoms with Crippen molar-refractivity contribution in [3.05, 3.63) is 101 Å². The minimum Gasteiger partial charge on any atom is -0.492 e. The van der Waals surface area contributed by atoms with Crippen LogP contribution in [-0.2, 0) is 38.3 Å². The average Bonchev–Trinajstić information content (AvgIpc) is 3.19. The Morgan fingerprint density at radius 3 is 2.02 bits per heavy atom. The van der Waals surface area contributed by atoms with Crippen LogP contribution in [0.25, 0.3) is 22.3 Å². The first-order valence-corrected chi connectivity index (χ1v) is 20.0. The molecule has 7 nitrogen and oxygen atoms in total. The monoisotopic (exact) mass is 756 g/mol. The SMILES string of the molecule is C=C(C)C(=O)OCCCc1cc(-c2ccc(-c3ccc(C4CCC(CCC)CC4)cc3F)cc2CC)c(CC)cc1OCC(CO)(CO)COC(=O)C(=C)C. The zero-order valence-corrected chi connectivity index (χ0v) is 33.6. The van der Waals surface area contributed by atoms with Gasteiger partial charge < -0.3 is 24.4 Å². The minimum absolute atomic E-state index is 0.122. The van der Waals surface area contributed by atoms with Gasteiger partial charge in [-0.05, 0) is 134 Å². The van der Waals surface area contributed by atoms with Crippen molar-refractivity contribution < 1.29 is 38.4 Å². The summed E-state index contributed by atoms with van der Waals surface area (Å²) in [5, 5.41) is 20.6. The predicted molar refractivity (Wildman–Crippen MR) is 218 cm³/mol.